The van der Waals surface area contributed by atoms with E-state index in [0.717, 1.165) is 5.76 Å². The third kappa shape index (κ3) is 0.984. The highest BCUT2D eigenvalue weighted by Crippen LogP contribution is 2.24. The standard InChI is InChI=1S/C7H9N3O2/c8-7(11)6-4-3-9-2-1-5(4)12-10-6/h1-2,4,6,10H,3H2,(H2,8,11). The van der Waals surface area contributed by atoms with Gasteiger partial charge in [-0.3, -0.25) is 9.79 Å². The van der Waals surface area contributed by atoms with E-state index < -0.39 is 11.9 Å². The van der Waals surface area contributed by atoms with Crippen LogP contribution in [0.4, 0.5) is 0 Å². The predicted octanol–water partition coefficient (Wildman–Crippen LogP) is -1.04. The molecule has 0 aromatic heterocycles. The summed E-state index contributed by atoms with van der Waals surface area (Å²) in [7, 11) is 0. The zero-order valence-electron chi connectivity index (χ0n) is 6.36. The molecule has 2 aliphatic heterocycles. The topological polar surface area (TPSA) is 76.7 Å². The molecule has 1 fully saturated rings. The van der Waals surface area contributed by atoms with Crippen LogP contribution < -0.4 is 11.2 Å². The Balaban J connectivity index is 2.20. The van der Waals surface area contributed by atoms with Crippen molar-refractivity contribution in [2.45, 2.75) is 6.04 Å². The average molecular weight is 167 g/mol. The Kier molecular flexibility index (Phi) is 1.58. The van der Waals surface area contributed by atoms with Gasteiger partial charge in [-0.15, -0.1) is 5.48 Å². The molecule has 12 heavy (non-hydrogen) atoms. The van der Waals surface area contributed by atoms with Crippen molar-refractivity contribution in [1.29, 1.82) is 0 Å². The van der Waals surface area contributed by atoms with Gasteiger partial charge in [0.05, 0.1) is 12.5 Å². The first-order valence-electron chi connectivity index (χ1n) is 3.71. The number of carbonyl (C=O) groups excluding carboxylic acids is 1. The number of dihydropyridines is 1. The largest absolute Gasteiger partial charge is 0.412 e. The summed E-state index contributed by atoms with van der Waals surface area (Å²) in [5, 5.41) is 0. The summed E-state index contributed by atoms with van der Waals surface area (Å²) in [6.07, 6.45) is 3.40. The summed E-state index contributed by atoms with van der Waals surface area (Å²) in [5.74, 6) is 0.321. The summed E-state index contributed by atoms with van der Waals surface area (Å²) >= 11 is 0. The molecule has 2 unspecified atom stereocenters. The highest BCUT2D eigenvalue weighted by Gasteiger charge is 2.37. The number of hydroxylamine groups is 1. The number of aliphatic imine (C=N–C) groups is 1. The molecule has 3 N–H and O–H groups in total. The fourth-order valence-electron chi connectivity index (χ4n) is 1.36. The Hall–Kier alpha value is -1.36. The summed E-state index contributed by atoms with van der Waals surface area (Å²) < 4.78 is 0. The molecule has 2 aliphatic rings. The molecule has 0 bridgehead atoms. The number of allylic oxidation sites excluding steroid dienone is 1. The first kappa shape index (κ1) is 7.30. The van der Waals surface area contributed by atoms with Crippen LogP contribution in [0.25, 0.3) is 0 Å². The van der Waals surface area contributed by atoms with Crippen molar-refractivity contribution in [3.05, 3.63) is 11.8 Å². The van der Waals surface area contributed by atoms with E-state index in [4.69, 9.17) is 10.6 Å². The van der Waals surface area contributed by atoms with Gasteiger partial charge >= 0.3 is 0 Å². The van der Waals surface area contributed by atoms with Crippen LogP contribution in [-0.2, 0) is 9.63 Å². The van der Waals surface area contributed by atoms with Crippen molar-refractivity contribution in [2.75, 3.05) is 6.54 Å². The Labute approximate surface area is 69.2 Å². The quantitative estimate of drug-likeness (QED) is 0.523. The molecule has 0 spiro atoms. The third-order valence-corrected chi connectivity index (χ3v) is 2.02. The number of fused-ring (bicyclic) bond motifs is 1. The Morgan fingerprint density at radius 3 is 3.42 bits per heavy atom. The summed E-state index contributed by atoms with van der Waals surface area (Å²) in [5.41, 5.74) is 7.72. The average Bonchev–Trinajstić information content (AvgIpc) is 2.47. The number of hydrogen-bond donors (Lipinski definition) is 2. The van der Waals surface area contributed by atoms with E-state index in [9.17, 15) is 4.79 Å². The van der Waals surface area contributed by atoms with Gasteiger partial charge in [-0.05, 0) is 6.08 Å². The number of rotatable bonds is 1. The molecule has 0 aromatic rings. The SMILES string of the molecule is NC(=O)C1NOC2=CC=NCC21. The second kappa shape index (κ2) is 2.60. The molecule has 2 heterocycles. The molecule has 2 atom stereocenters. The molecule has 0 radical (unpaired) electrons. The highest BCUT2D eigenvalue weighted by molar-refractivity contribution is 5.82. The second-order valence-electron chi connectivity index (χ2n) is 2.79. The number of hydrogen-bond acceptors (Lipinski definition) is 4. The lowest BCUT2D eigenvalue weighted by Crippen LogP contribution is -2.41. The van der Waals surface area contributed by atoms with Gasteiger partial charge in [0.1, 0.15) is 11.8 Å². The van der Waals surface area contributed by atoms with Gasteiger partial charge in [-0.25, -0.2) is 0 Å². The van der Waals surface area contributed by atoms with E-state index in [1.807, 2.05) is 0 Å². The molecule has 64 valence electrons. The highest BCUT2D eigenvalue weighted by atomic mass is 16.7. The van der Waals surface area contributed by atoms with Crippen LogP contribution in [0.3, 0.4) is 0 Å². The van der Waals surface area contributed by atoms with Gasteiger partial charge in [0.15, 0.2) is 0 Å². The minimum absolute atomic E-state index is 0.0208. The molecule has 0 aliphatic carbocycles. The summed E-state index contributed by atoms with van der Waals surface area (Å²) in [6.45, 7) is 0.562. The normalized spacial score (nSPS) is 32.2. The van der Waals surface area contributed by atoms with E-state index in [1.165, 1.54) is 0 Å². The molecule has 2 rings (SSSR count). The van der Waals surface area contributed by atoms with E-state index in [-0.39, 0.29) is 5.92 Å². The van der Waals surface area contributed by atoms with Crippen molar-refractivity contribution in [2.24, 2.45) is 16.6 Å². The smallest absolute Gasteiger partial charge is 0.238 e. The number of amides is 1. The van der Waals surface area contributed by atoms with Gasteiger partial charge < -0.3 is 10.6 Å². The van der Waals surface area contributed by atoms with E-state index in [1.54, 1.807) is 12.3 Å². The molecular weight excluding hydrogens is 158 g/mol. The molecule has 1 saturated heterocycles. The molecule has 5 heteroatoms. The molecule has 1 amide bonds. The van der Waals surface area contributed by atoms with Crippen molar-refractivity contribution in [1.82, 2.24) is 5.48 Å². The molecular formula is C7H9N3O2. The third-order valence-electron chi connectivity index (χ3n) is 2.02. The van der Waals surface area contributed by atoms with Crippen LogP contribution in [0.1, 0.15) is 0 Å². The fourth-order valence-corrected chi connectivity index (χ4v) is 1.36. The zero-order chi connectivity index (χ0) is 8.55. The second-order valence-corrected chi connectivity index (χ2v) is 2.79. The first-order chi connectivity index (χ1) is 5.79. The number of nitrogens with two attached hydrogens (primary N) is 1. The zero-order valence-corrected chi connectivity index (χ0v) is 6.36. The molecule has 0 aromatic carbocycles. The van der Waals surface area contributed by atoms with Gasteiger partial charge in [0.2, 0.25) is 5.91 Å². The lowest BCUT2D eigenvalue weighted by Gasteiger charge is -2.12. The summed E-state index contributed by atoms with van der Waals surface area (Å²) in [6, 6.07) is -0.436. The van der Waals surface area contributed by atoms with Crippen molar-refractivity contribution in [3.8, 4) is 0 Å². The van der Waals surface area contributed by atoms with Crippen molar-refractivity contribution in [3.63, 3.8) is 0 Å². The maximum atomic E-state index is 10.9. The van der Waals surface area contributed by atoms with Crippen molar-refractivity contribution < 1.29 is 9.63 Å². The van der Waals surface area contributed by atoms with Crippen LogP contribution >= 0.6 is 0 Å². The van der Waals surface area contributed by atoms with E-state index >= 15 is 0 Å². The van der Waals surface area contributed by atoms with Crippen LogP contribution in [0, 0.1) is 5.92 Å². The van der Waals surface area contributed by atoms with Crippen molar-refractivity contribution >= 4 is 12.1 Å². The minimum atomic E-state index is -0.436. The monoisotopic (exact) mass is 167 g/mol. The lowest BCUT2D eigenvalue weighted by atomic mass is 9.97. The van der Waals surface area contributed by atoms with Crippen LogP contribution in [0.2, 0.25) is 0 Å². The number of primary amides is 1. The molecule has 0 saturated carbocycles. The van der Waals surface area contributed by atoms with Gasteiger partial charge in [0.25, 0.3) is 0 Å². The Morgan fingerprint density at radius 1 is 1.83 bits per heavy atom. The number of nitrogens with one attached hydrogen (secondary N) is 1. The number of nitrogens with zero attached hydrogens (tertiary/aromatic N) is 1. The van der Waals surface area contributed by atoms with Crippen LogP contribution in [0.5, 0.6) is 0 Å². The Morgan fingerprint density at radius 2 is 2.67 bits per heavy atom. The fraction of sp³-hybridized carbons (Fsp3) is 0.429. The van der Waals surface area contributed by atoms with Gasteiger partial charge in [-0.2, -0.15) is 0 Å². The maximum Gasteiger partial charge on any atom is 0.238 e. The maximum absolute atomic E-state index is 10.9. The summed E-state index contributed by atoms with van der Waals surface area (Å²) in [4.78, 5) is 19.9. The van der Waals surface area contributed by atoms with Crippen LogP contribution in [-0.4, -0.2) is 24.7 Å². The van der Waals surface area contributed by atoms with E-state index in [2.05, 4.69) is 10.5 Å². The predicted molar refractivity (Wildman–Crippen MR) is 42.1 cm³/mol. The minimum Gasteiger partial charge on any atom is -0.412 e. The first-order valence-corrected chi connectivity index (χ1v) is 3.71. The lowest BCUT2D eigenvalue weighted by molar-refractivity contribution is -0.121. The number of carbonyl (C=O) groups is 1. The van der Waals surface area contributed by atoms with Crippen LogP contribution in [0.15, 0.2) is 16.8 Å². The molecule has 5 nitrogen and oxygen atoms in total. The van der Waals surface area contributed by atoms with Gasteiger partial charge in [-0.1, -0.05) is 0 Å². The Bertz CT molecular complexity index is 272. The van der Waals surface area contributed by atoms with E-state index in [0.29, 0.717) is 6.54 Å². The van der Waals surface area contributed by atoms with Gasteiger partial charge in [0, 0.05) is 6.21 Å².